The van der Waals surface area contributed by atoms with E-state index in [1.807, 2.05) is 0 Å². The minimum Gasteiger partial charge on any atom is -0.313 e. The molecule has 0 saturated heterocycles. The Morgan fingerprint density at radius 3 is 2.27 bits per heavy atom. The topological polar surface area (TPSA) is 9.86 Å². The predicted octanol–water partition coefficient (Wildman–Crippen LogP) is 14.4. The Morgan fingerprint density at radius 2 is 1.46 bits per heavy atom. The van der Waals surface area contributed by atoms with Crippen LogP contribution >= 0.6 is 0 Å². The highest BCUT2D eigenvalue weighted by Crippen LogP contribution is 2.34. The number of para-hydroxylation sites is 2. The number of aromatic nitrogens is 2. The Morgan fingerprint density at radius 1 is 0.732 bits per heavy atom. The second-order valence-corrected chi connectivity index (χ2v) is 14.4. The van der Waals surface area contributed by atoms with E-state index in [1.165, 1.54) is 55.5 Å². The van der Waals surface area contributed by atoms with E-state index in [9.17, 15) is 0 Å². The van der Waals surface area contributed by atoms with Gasteiger partial charge in [-0.05, 0) is 111 Å². The lowest BCUT2D eigenvalue weighted by atomic mass is 10.1. The van der Waals surface area contributed by atoms with Crippen LogP contribution in [-0.4, -0.2) is 9.13 Å². The lowest BCUT2D eigenvalue weighted by Crippen LogP contribution is -2.04. The number of hydrogen-bond acceptors (Lipinski definition) is 0. The van der Waals surface area contributed by atoms with E-state index < -0.39 is 0 Å². The third kappa shape index (κ3) is 8.61. The number of fused-ring (bicyclic) bond motifs is 4. The molecule has 0 unspecified atom stereocenters. The summed E-state index contributed by atoms with van der Waals surface area (Å²) in [6.45, 7) is 11.1. The van der Waals surface area contributed by atoms with E-state index >= 15 is 0 Å². The Balaban J connectivity index is 1.29. The zero-order chi connectivity index (χ0) is 38.7. The van der Waals surface area contributed by atoms with Gasteiger partial charge in [-0.3, -0.25) is 0 Å². The van der Waals surface area contributed by atoms with Gasteiger partial charge in [-0.2, -0.15) is 0 Å². The summed E-state index contributed by atoms with van der Waals surface area (Å²) in [7, 11) is 0. The van der Waals surface area contributed by atoms with Crippen LogP contribution in [0, 0.1) is 6.92 Å². The average Bonchev–Trinajstić information content (AvgIpc) is 3.48. The maximum atomic E-state index is 4.59. The van der Waals surface area contributed by atoms with E-state index in [0.29, 0.717) is 0 Å². The van der Waals surface area contributed by atoms with Gasteiger partial charge in [0.1, 0.15) is 0 Å². The van der Waals surface area contributed by atoms with Gasteiger partial charge in [0, 0.05) is 40.0 Å². The van der Waals surface area contributed by atoms with Crippen LogP contribution in [0.4, 0.5) is 0 Å². The van der Waals surface area contributed by atoms with Crippen molar-refractivity contribution in [2.75, 3.05) is 0 Å². The standard InChI is InChI=1S/C54H52N2/c1-5-6-29-51-43(4)48-26-16-11-17-30-52(48)55(51)46(39-35-44-22-12-7-8-13-23-44)37-33-41(2)42(3)34-38-47(40-36-45-24-14-9-10-15-25-45)56-53-31-20-18-27-49(53)50-28-19-21-32-54(50)56/h5-12,14-24,27-28,30-35,37-40H,3,13,25-26,29,36H2,1-2,4H3/b6-5-,38-34-,39-35+,41-33+,46-37+,47-40+. The van der Waals surface area contributed by atoms with E-state index in [-0.39, 0.29) is 0 Å². The molecule has 278 valence electrons. The summed E-state index contributed by atoms with van der Waals surface area (Å²) >= 11 is 0. The highest BCUT2D eigenvalue weighted by atomic mass is 15.0. The van der Waals surface area contributed by atoms with Crippen LogP contribution in [-0.2, 0) is 12.8 Å². The summed E-state index contributed by atoms with van der Waals surface area (Å²) in [5, 5.41) is 2.51. The smallest absolute Gasteiger partial charge is 0.0540 e. The van der Waals surface area contributed by atoms with Crippen LogP contribution in [0.2, 0.25) is 0 Å². The number of hydrogen-bond donors (Lipinski definition) is 0. The maximum absolute atomic E-state index is 4.59. The number of allylic oxidation sites excluding steroid dienone is 28. The van der Waals surface area contributed by atoms with Crippen LogP contribution < -0.4 is 0 Å². The van der Waals surface area contributed by atoms with Crippen molar-refractivity contribution in [2.45, 2.75) is 52.9 Å². The van der Waals surface area contributed by atoms with E-state index in [0.717, 1.165) is 54.6 Å². The number of rotatable bonds is 12. The van der Waals surface area contributed by atoms with Crippen LogP contribution in [0.15, 0.2) is 211 Å². The fourth-order valence-corrected chi connectivity index (χ4v) is 7.61. The molecule has 4 aromatic rings. The molecule has 7 rings (SSSR count). The molecule has 2 heteroatoms. The molecule has 0 aliphatic heterocycles. The first-order valence-electron chi connectivity index (χ1n) is 19.9. The summed E-state index contributed by atoms with van der Waals surface area (Å²) in [6.07, 6.45) is 55.3. The zero-order valence-electron chi connectivity index (χ0n) is 33.0. The van der Waals surface area contributed by atoms with Crippen molar-refractivity contribution in [2.24, 2.45) is 0 Å². The molecule has 0 atom stereocenters. The SMILES string of the molecule is C=C(/C=C\C(=C/CC1=CC=CC=CC1)n1c2ccccc2c2ccccc21)/C(C)=C/C=C(\C=C\C1=CCC=CC=C1)n1c2c(c(C)c1C/C=C\C)CC=CC=C2. The molecule has 0 fully saturated rings. The van der Waals surface area contributed by atoms with Crippen molar-refractivity contribution in [3.63, 3.8) is 0 Å². The Labute approximate surface area is 333 Å². The monoisotopic (exact) mass is 728 g/mol. The highest BCUT2D eigenvalue weighted by Gasteiger charge is 2.19. The molecule has 2 aromatic carbocycles. The fourth-order valence-electron chi connectivity index (χ4n) is 7.61. The lowest BCUT2D eigenvalue weighted by molar-refractivity contribution is 0.980. The fraction of sp³-hybridized carbons (Fsp3) is 0.148. The number of benzene rings is 2. The van der Waals surface area contributed by atoms with Crippen LogP contribution in [0.3, 0.4) is 0 Å². The molecule has 0 bridgehead atoms. The van der Waals surface area contributed by atoms with Gasteiger partial charge in [-0.1, -0.05) is 164 Å². The molecule has 0 N–H and O–H groups in total. The van der Waals surface area contributed by atoms with Gasteiger partial charge in [0.05, 0.1) is 11.0 Å². The van der Waals surface area contributed by atoms with Crippen molar-refractivity contribution in [3.8, 4) is 0 Å². The molecule has 0 saturated carbocycles. The van der Waals surface area contributed by atoms with Gasteiger partial charge in [0.2, 0.25) is 0 Å². The first-order valence-corrected chi connectivity index (χ1v) is 19.9. The average molecular weight is 729 g/mol. The lowest BCUT2D eigenvalue weighted by Gasteiger charge is -2.14. The molecule has 0 spiro atoms. The molecule has 2 nitrogen and oxygen atoms in total. The first kappa shape index (κ1) is 37.9. The van der Waals surface area contributed by atoms with Gasteiger partial charge < -0.3 is 9.13 Å². The van der Waals surface area contributed by atoms with Gasteiger partial charge in [-0.25, -0.2) is 0 Å². The minimum atomic E-state index is 0.858. The zero-order valence-corrected chi connectivity index (χ0v) is 33.0. The third-order valence-electron chi connectivity index (χ3n) is 10.8. The molecule has 2 aromatic heterocycles. The third-order valence-corrected chi connectivity index (χ3v) is 10.8. The second-order valence-electron chi connectivity index (χ2n) is 14.4. The molecule has 0 amide bonds. The molecule has 56 heavy (non-hydrogen) atoms. The van der Waals surface area contributed by atoms with Gasteiger partial charge in [-0.15, -0.1) is 0 Å². The Hall–Kier alpha value is -6.38. The van der Waals surface area contributed by atoms with Crippen molar-refractivity contribution < 1.29 is 0 Å². The van der Waals surface area contributed by atoms with Crippen LogP contribution in [0.5, 0.6) is 0 Å². The van der Waals surface area contributed by atoms with Gasteiger partial charge in [0.25, 0.3) is 0 Å². The van der Waals surface area contributed by atoms with Crippen molar-refractivity contribution >= 4 is 39.3 Å². The summed E-state index contributed by atoms with van der Waals surface area (Å²) < 4.78 is 4.86. The summed E-state index contributed by atoms with van der Waals surface area (Å²) in [5.41, 5.74) is 14.6. The van der Waals surface area contributed by atoms with Gasteiger partial charge >= 0.3 is 0 Å². The number of nitrogens with zero attached hydrogens (tertiary/aromatic N) is 2. The predicted molar refractivity (Wildman–Crippen MR) is 245 cm³/mol. The Bertz CT molecular complexity index is 2520. The summed E-state index contributed by atoms with van der Waals surface area (Å²) in [6, 6.07) is 17.4. The first-order chi connectivity index (χ1) is 27.5. The van der Waals surface area contributed by atoms with Crippen molar-refractivity contribution in [3.05, 3.63) is 234 Å². The molecule has 0 radical (unpaired) electrons. The molecule has 3 aliphatic rings. The maximum Gasteiger partial charge on any atom is 0.0540 e. The summed E-state index contributed by atoms with van der Waals surface area (Å²) in [4.78, 5) is 0. The van der Waals surface area contributed by atoms with Crippen LogP contribution in [0.25, 0.3) is 39.3 Å². The van der Waals surface area contributed by atoms with E-state index in [2.05, 4.69) is 225 Å². The second kappa shape index (κ2) is 18.3. The summed E-state index contributed by atoms with van der Waals surface area (Å²) in [5.74, 6) is 0. The Kier molecular flexibility index (Phi) is 12.4. The quantitative estimate of drug-likeness (QED) is 0.102. The van der Waals surface area contributed by atoms with Crippen LogP contribution in [0.1, 0.15) is 55.6 Å². The normalized spacial score (nSPS) is 16.4. The molecule has 3 aliphatic carbocycles. The van der Waals surface area contributed by atoms with Gasteiger partial charge in [0.15, 0.2) is 0 Å². The van der Waals surface area contributed by atoms with Crippen molar-refractivity contribution in [1.29, 1.82) is 0 Å². The minimum absolute atomic E-state index is 0.858. The molecular formula is C54H52N2. The largest absolute Gasteiger partial charge is 0.313 e. The van der Waals surface area contributed by atoms with E-state index in [4.69, 9.17) is 0 Å². The molecular weight excluding hydrogens is 677 g/mol. The highest BCUT2D eigenvalue weighted by molar-refractivity contribution is 6.10. The van der Waals surface area contributed by atoms with E-state index in [1.54, 1.807) is 0 Å². The van der Waals surface area contributed by atoms with Crippen molar-refractivity contribution in [1.82, 2.24) is 9.13 Å². The molecule has 2 heterocycles.